The van der Waals surface area contributed by atoms with Crippen LogP contribution < -0.4 is 5.32 Å². The molecule has 2 heterocycles. The fourth-order valence-electron chi connectivity index (χ4n) is 5.30. The lowest BCUT2D eigenvalue weighted by Crippen LogP contribution is -2.34. The molecule has 1 saturated heterocycles. The normalized spacial score (nSPS) is 14.1. The molecule has 4 rings (SSSR count). The lowest BCUT2D eigenvalue weighted by molar-refractivity contribution is 0.0741. The van der Waals surface area contributed by atoms with Gasteiger partial charge in [-0.25, -0.2) is 4.98 Å². The number of carbonyl (C=O) groups is 1. The highest BCUT2D eigenvalue weighted by molar-refractivity contribution is 5.98. The van der Waals surface area contributed by atoms with E-state index in [1.165, 1.54) is 32.4 Å². The molecule has 0 aliphatic carbocycles. The molecule has 1 N–H and O–H groups in total. The average Bonchev–Trinajstić information content (AvgIpc) is 3.29. The SMILES string of the molecule is CC(C)CCN(CCC(C)C)C(=O)c1ccc2nc(Nc3ccc(C#N)cc3)n(CCCN3CCCCC3)c2c1. The molecule has 1 fully saturated rings. The molecule has 0 spiro atoms. The van der Waals surface area contributed by atoms with Crippen molar-refractivity contribution in [3.63, 3.8) is 0 Å². The van der Waals surface area contributed by atoms with Gasteiger partial charge in [0.15, 0.2) is 0 Å². The van der Waals surface area contributed by atoms with Crippen LogP contribution >= 0.6 is 0 Å². The Kier molecular flexibility index (Phi) is 10.6. The summed E-state index contributed by atoms with van der Waals surface area (Å²) in [6.45, 7) is 14.6. The van der Waals surface area contributed by atoms with Gasteiger partial charge in [-0.15, -0.1) is 0 Å². The maximum atomic E-state index is 13.8. The minimum atomic E-state index is 0.103. The summed E-state index contributed by atoms with van der Waals surface area (Å²) in [5.41, 5.74) is 4.09. The van der Waals surface area contributed by atoms with E-state index >= 15 is 0 Å². The number of hydrogen-bond donors (Lipinski definition) is 1. The molecule has 0 bridgehead atoms. The first-order valence-corrected chi connectivity index (χ1v) is 15.1. The van der Waals surface area contributed by atoms with Gasteiger partial charge in [0.05, 0.1) is 22.7 Å². The second-order valence-electron chi connectivity index (χ2n) is 12.0. The first-order valence-electron chi connectivity index (χ1n) is 15.1. The van der Waals surface area contributed by atoms with Gasteiger partial charge in [-0.1, -0.05) is 34.1 Å². The number of anilines is 2. The zero-order valence-corrected chi connectivity index (χ0v) is 24.8. The largest absolute Gasteiger partial charge is 0.339 e. The molecular formula is C33H46N6O. The van der Waals surface area contributed by atoms with E-state index in [1.807, 2.05) is 47.4 Å². The van der Waals surface area contributed by atoms with Gasteiger partial charge in [-0.05, 0) is 106 Å². The number of aromatic nitrogens is 2. The van der Waals surface area contributed by atoms with Crippen LogP contribution in [0.5, 0.6) is 0 Å². The van der Waals surface area contributed by atoms with Crippen LogP contribution in [0.2, 0.25) is 0 Å². The van der Waals surface area contributed by atoms with Crippen molar-refractivity contribution >= 4 is 28.6 Å². The molecule has 1 aliphatic rings. The summed E-state index contributed by atoms with van der Waals surface area (Å²) in [7, 11) is 0. The van der Waals surface area contributed by atoms with E-state index in [1.54, 1.807) is 0 Å². The predicted molar refractivity (Wildman–Crippen MR) is 164 cm³/mol. The Hall–Kier alpha value is -3.37. The Morgan fingerprint density at radius 2 is 1.65 bits per heavy atom. The van der Waals surface area contributed by atoms with E-state index in [9.17, 15) is 10.1 Å². The number of benzene rings is 2. The van der Waals surface area contributed by atoms with Gasteiger partial charge in [0.1, 0.15) is 0 Å². The lowest BCUT2D eigenvalue weighted by atomic mass is 10.1. The number of nitriles is 1. The fourth-order valence-corrected chi connectivity index (χ4v) is 5.30. The molecule has 1 aromatic heterocycles. The highest BCUT2D eigenvalue weighted by atomic mass is 16.2. The molecule has 0 atom stereocenters. The summed E-state index contributed by atoms with van der Waals surface area (Å²) >= 11 is 0. The van der Waals surface area contributed by atoms with Gasteiger partial charge in [0.25, 0.3) is 5.91 Å². The molecule has 7 nitrogen and oxygen atoms in total. The lowest BCUT2D eigenvalue weighted by Gasteiger charge is -2.26. The number of rotatable bonds is 13. The molecule has 40 heavy (non-hydrogen) atoms. The first kappa shape index (κ1) is 29.6. The highest BCUT2D eigenvalue weighted by Crippen LogP contribution is 2.26. The third-order valence-corrected chi connectivity index (χ3v) is 7.81. The molecule has 3 aromatic rings. The Morgan fingerprint density at radius 1 is 0.975 bits per heavy atom. The molecule has 1 amide bonds. The zero-order chi connectivity index (χ0) is 28.5. The Bertz CT molecular complexity index is 1270. The van der Waals surface area contributed by atoms with Crippen molar-refractivity contribution < 1.29 is 4.79 Å². The minimum absolute atomic E-state index is 0.103. The minimum Gasteiger partial charge on any atom is -0.339 e. The molecule has 0 radical (unpaired) electrons. The van der Waals surface area contributed by atoms with Crippen LogP contribution in [0, 0.1) is 23.2 Å². The highest BCUT2D eigenvalue weighted by Gasteiger charge is 2.20. The van der Waals surface area contributed by atoms with Crippen molar-refractivity contribution in [2.45, 2.75) is 72.8 Å². The number of piperidine rings is 1. The van der Waals surface area contributed by atoms with Crippen LogP contribution in [0.4, 0.5) is 11.6 Å². The van der Waals surface area contributed by atoms with Gasteiger partial charge in [-0.2, -0.15) is 5.26 Å². The van der Waals surface area contributed by atoms with Crippen molar-refractivity contribution in [2.75, 3.05) is 38.0 Å². The fraction of sp³-hybridized carbons (Fsp3) is 0.545. The van der Waals surface area contributed by atoms with Crippen LogP contribution in [0.3, 0.4) is 0 Å². The van der Waals surface area contributed by atoms with Crippen molar-refractivity contribution in [1.82, 2.24) is 19.4 Å². The molecule has 214 valence electrons. The van der Waals surface area contributed by atoms with Gasteiger partial charge in [-0.3, -0.25) is 4.79 Å². The number of nitrogens with one attached hydrogen (secondary N) is 1. The van der Waals surface area contributed by atoms with E-state index in [-0.39, 0.29) is 5.91 Å². The van der Waals surface area contributed by atoms with Crippen molar-refractivity contribution in [1.29, 1.82) is 5.26 Å². The Morgan fingerprint density at radius 3 is 2.27 bits per heavy atom. The second-order valence-corrected chi connectivity index (χ2v) is 12.0. The number of imidazole rings is 1. The van der Waals surface area contributed by atoms with Gasteiger partial charge in [0, 0.05) is 30.9 Å². The van der Waals surface area contributed by atoms with Crippen molar-refractivity contribution in [3.8, 4) is 6.07 Å². The number of fused-ring (bicyclic) bond motifs is 1. The third-order valence-electron chi connectivity index (χ3n) is 7.81. The summed E-state index contributed by atoms with van der Waals surface area (Å²) in [5.74, 6) is 1.97. The van der Waals surface area contributed by atoms with Gasteiger partial charge in [0.2, 0.25) is 5.95 Å². The smallest absolute Gasteiger partial charge is 0.253 e. The molecule has 2 aromatic carbocycles. The van der Waals surface area contributed by atoms with Crippen molar-refractivity contribution in [3.05, 3.63) is 53.6 Å². The van der Waals surface area contributed by atoms with Crippen molar-refractivity contribution in [2.24, 2.45) is 11.8 Å². The maximum Gasteiger partial charge on any atom is 0.253 e. The molecule has 7 heteroatoms. The Labute approximate surface area is 240 Å². The van der Waals surface area contributed by atoms with E-state index in [4.69, 9.17) is 4.98 Å². The summed E-state index contributed by atoms with van der Waals surface area (Å²) < 4.78 is 2.22. The predicted octanol–water partition coefficient (Wildman–Crippen LogP) is 7.06. The maximum absolute atomic E-state index is 13.8. The number of aryl methyl sites for hydroxylation is 1. The number of hydrogen-bond acceptors (Lipinski definition) is 5. The molecule has 1 aliphatic heterocycles. The third kappa shape index (κ3) is 8.08. The topological polar surface area (TPSA) is 77.2 Å². The van der Waals surface area contributed by atoms with Crippen LogP contribution in [0.15, 0.2) is 42.5 Å². The number of likely N-dealkylation sites (tertiary alicyclic amines) is 1. The van der Waals surface area contributed by atoms with Crippen LogP contribution in [0.1, 0.15) is 82.1 Å². The zero-order valence-electron chi connectivity index (χ0n) is 24.8. The Balaban J connectivity index is 1.61. The monoisotopic (exact) mass is 542 g/mol. The number of carbonyl (C=O) groups excluding carboxylic acids is 1. The second kappa shape index (κ2) is 14.3. The number of amides is 1. The summed E-state index contributed by atoms with van der Waals surface area (Å²) in [5, 5.41) is 12.6. The average molecular weight is 543 g/mol. The van der Waals surface area contributed by atoms with E-state index in [2.05, 4.69) is 48.5 Å². The van der Waals surface area contributed by atoms with Crippen LogP contribution in [0.25, 0.3) is 11.0 Å². The summed E-state index contributed by atoms with van der Waals surface area (Å²) in [6, 6.07) is 15.6. The summed E-state index contributed by atoms with van der Waals surface area (Å²) in [4.78, 5) is 23.3. The summed E-state index contributed by atoms with van der Waals surface area (Å²) in [6.07, 6.45) is 6.92. The molecule has 0 saturated carbocycles. The van der Waals surface area contributed by atoms with E-state index < -0.39 is 0 Å². The standard InChI is InChI=1S/C33H46N6O/c1-25(2)15-21-38(22-16-26(3)4)32(40)28-11-14-30-31(23-28)39(20-8-19-37-17-6-5-7-18-37)33(36-30)35-29-12-9-27(24-34)10-13-29/h9-14,23,25-26H,5-8,15-22H2,1-4H3,(H,35,36). The quantitative estimate of drug-likeness (QED) is 0.250. The number of nitrogens with zero attached hydrogens (tertiary/aromatic N) is 5. The molecular weight excluding hydrogens is 496 g/mol. The van der Waals surface area contributed by atoms with Gasteiger partial charge < -0.3 is 19.7 Å². The van der Waals surface area contributed by atoms with E-state index in [0.717, 1.165) is 73.7 Å². The van der Waals surface area contributed by atoms with Crippen LogP contribution in [-0.2, 0) is 6.54 Å². The van der Waals surface area contributed by atoms with Crippen LogP contribution in [-0.4, -0.2) is 58.0 Å². The first-order chi connectivity index (χ1) is 19.3. The van der Waals surface area contributed by atoms with E-state index in [0.29, 0.717) is 17.4 Å². The van der Waals surface area contributed by atoms with Gasteiger partial charge >= 0.3 is 0 Å². The molecule has 0 unspecified atom stereocenters.